The average Bonchev–Trinajstić information content (AvgIpc) is 3.49. The molecule has 1 aromatic carbocycles. The molecule has 0 spiro atoms. The van der Waals surface area contributed by atoms with Crippen LogP contribution in [0.5, 0.6) is 11.8 Å². The van der Waals surface area contributed by atoms with Crippen LogP contribution < -0.4 is 9.64 Å². The van der Waals surface area contributed by atoms with Gasteiger partial charge in [0.1, 0.15) is 22.8 Å². The van der Waals surface area contributed by atoms with Gasteiger partial charge in [-0.3, -0.25) is 4.98 Å². The number of aliphatic hydroxyl groups is 1. The summed E-state index contributed by atoms with van der Waals surface area (Å²) in [5.41, 5.74) is 1.63. The highest BCUT2D eigenvalue weighted by Gasteiger charge is 2.44. The Balaban J connectivity index is 1.45. The number of anilines is 1. The molecule has 0 unspecified atom stereocenters. The van der Waals surface area contributed by atoms with E-state index in [0.717, 1.165) is 62.2 Å². The summed E-state index contributed by atoms with van der Waals surface area (Å²) in [5, 5.41) is 22.4. The lowest BCUT2D eigenvalue weighted by atomic mass is 9.95. The minimum absolute atomic E-state index is 0.0351. The van der Waals surface area contributed by atoms with Gasteiger partial charge in [0, 0.05) is 53.9 Å². The van der Waals surface area contributed by atoms with E-state index in [2.05, 4.69) is 33.9 Å². The van der Waals surface area contributed by atoms with Gasteiger partial charge in [-0.25, -0.2) is 4.39 Å². The molecule has 4 aromatic rings. The van der Waals surface area contributed by atoms with E-state index < -0.39 is 5.82 Å². The third-order valence-electron chi connectivity index (χ3n) is 8.16. The van der Waals surface area contributed by atoms with E-state index in [-0.39, 0.29) is 35.0 Å². The molecule has 1 saturated heterocycles. The molecule has 4 heterocycles. The molecular weight excluding hydrogens is 541 g/mol. The van der Waals surface area contributed by atoms with Crippen LogP contribution in [-0.4, -0.2) is 77.0 Å². The number of piperidine rings is 1. The van der Waals surface area contributed by atoms with Crippen molar-refractivity contribution in [2.45, 2.75) is 32.1 Å². The summed E-state index contributed by atoms with van der Waals surface area (Å²) >= 11 is 1.54. The molecule has 2 aliphatic rings. The fraction of sp³-hybridized carbons (Fsp3) is 0.452. The lowest BCUT2D eigenvalue weighted by Crippen LogP contribution is -2.36. The molecule has 8 nitrogen and oxygen atoms in total. The van der Waals surface area contributed by atoms with E-state index in [4.69, 9.17) is 9.72 Å². The molecule has 216 valence electrons. The zero-order valence-electron chi connectivity index (χ0n) is 23.5. The van der Waals surface area contributed by atoms with E-state index >= 15 is 4.39 Å². The summed E-state index contributed by atoms with van der Waals surface area (Å²) in [7, 11) is 4.11. The SMILES string of the molecule is CN(C)CC1(COc2nc(N3CCC[C@H](CCO)C3)c3cnc(-c4cc(O)ccc4-c4cccs4)c(F)c3n2)CC1. The van der Waals surface area contributed by atoms with Crippen LogP contribution in [0.3, 0.4) is 0 Å². The number of benzene rings is 1. The van der Waals surface area contributed by atoms with Crippen LogP contribution in [0, 0.1) is 17.2 Å². The number of phenols is 1. The maximum Gasteiger partial charge on any atom is 0.319 e. The number of aliphatic hydroxyl groups excluding tert-OH is 1. The molecule has 0 bridgehead atoms. The van der Waals surface area contributed by atoms with Gasteiger partial charge in [0.05, 0.1) is 12.0 Å². The number of hydrogen-bond donors (Lipinski definition) is 2. The summed E-state index contributed by atoms with van der Waals surface area (Å²) in [5.74, 6) is 0.402. The topological polar surface area (TPSA) is 94.8 Å². The van der Waals surface area contributed by atoms with E-state index in [1.165, 1.54) is 0 Å². The number of aromatic hydroxyl groups is 1. The van der Waals surface area contributed by atoms with Crippen LogP contribution in [0.25, 0.3) is 32.6 Å². The fourth-order valence-corrected chi connectivity index (χ4v) is 6.74. The molecule has 1 atom stereocenters. The first-order chi connectivity index (χ1) is 19.9. The van der Waals surface area contributed by atoms with Crippen molar-refractivity contribution in [1.29, 1.82) is 0 Å². The summed E-state index contributed by atoms with van der Waals surface area (Å²) in [6.07, 6.45) is 6.50. The lowest BCUT2D eigenvalue weighted by Gasteiger charge is -2.34. The minimum Gasteiger partial charge on any atom is -0.508 e. The Hall–Kier alpha value is -3.34. The van der Waals surface area contributed by atoms with Gasteiger partial charge in [-0.2, -0.15) is 9.97 Å². The number of fused-ring (bicyclic) bond motifs is 1. The van der Waals surface area contributed by atoms with Crippen molar-refractivity contribution in [3.8, 4) is 33.5 Å². The van der Waals surface area contributed by atoms with Gasteiger partial charge in [0.25, 0.3) is 0 Å². The molecule has 1 saturated carbocycles. The first kappa shape index (κ1) is 27.8. The molecule has 0 radical (unpaired) electrons. The predicted octanol–water partition coefficient (Wildman–Crippen LogP) is 5.58. The van der Waals surface area contributed by atoms with Gasteiger partial charge in [0.2, 0.25) is 0 Å². The summed E-state index contributed by atoms with van der Waals surface area (Å²) < 4.78 is 22.8. The molecule has 1 aliphatic carbocycles. The Labute approximate surface area is 243 Å². The molecule has 1 aliphatic heterocycles. The monoisotopic (exact) mass is 577 g/mol. The second-order valence-electron chi connectivity index (χ2n) is 11.7. The van der Waals surface area contributed by atoms with Crippen molar-refractivity contribution < 1.29 is 19.3 Å². The molecule has 2 N–H and O–H groups in total. The third-order valence-corrected chi connectivity index (χ3v) is 9.06. The van der Waals surface area contributed by atoms with Crippen molar-refractivity contribution in [3.05, 3.63) is 47.7 Å². The number of halogens is 1. The van der Waals surface area contributed by atoms with E-state index in [1.54, 1.807) is 35.7 Å². The van der Waals surface area contributed by atoms with Crippen LogP contribution in [-0.2, 0) is 0 Å². The first-order valence-corrected chi connectivity index (χ1v) is 15.1. The number of thiophene rings is 1. The van der Waals surface area contributed by atoms with Crippen molar-refractivity contribution in [2.75, 3.05) is 51.8 Å². The lowest BCUT2D eigenvalue weighted by molar-refractivity contribution is 0.183. The van der Waals surface area contributed by atoms with Gasteiger partial charge in [-0.15, -0.1) is 11.3 Å². The molecule has 0 amide bonds. The molecular formula is C31H36FN5O3S. The Morgan fingerprint density at radius 2 is 2.05 bits per heavy atom. The smallest absolute Gasteiger partial charge is 0.319 e. The molecule has 41 heavy (non-hydrogen) atoms. The summed E-state index contributed by atoms with van der Waals surface area (Å²) in [4.78, 5) is 19.3. The van der Waals surface area contributed by atoms with Crippen LogP contribution in [0.4, 0.5) is 10.2 Å². The number of pyridine rings is 1. The number of ether oxygens (including phenoxy) is 1. The Morgan fingerprint density at radius 3 is 2.78 bits per heavy atom. The Bertz CT molecular complexity index is 1520. The zero-order chi connectivity index (χ0) is 28.6. The van der Waals surface area contributed by atoms with Gasteiger partial charge in [0.15, 0.2) is 5.82 Å². The highest BCUT2D eigenvalue weighted by Crippen LogP contribution is 2.46. The van der Waals surface area contributed by atoms with Crippen molar-refractivity contribution in [2.24, 2.45) is 11.3 Å². The maximum atomic E-state index is 16.5. The van der Waals surface area contributed by atoms with Crippen molar-refractivity contribution >= 4 is 28.1 Å². The molecule has 10 heteroatoms. The second-order valence-corrected chi connectivity index (χ2v) is 12.7. The molecule has 6 rings (SSSR count). The standard InChI is InChI=1S/C31H36FN5O3S/c1-36(2)18-31(10-11-31)19-40-30-34-28-24(29(35-30)37-12-3-5-20(17-37)9-13-38)16-33-27(26(28)32)23-15-21(39)7-8-22(23)25-6-4-14-41-25/h4,6-8,14-16,20,38-39H,3,5,9-13,17-19H2,1-2H3/t20-/m1/s1. The first-order valence-electron chi connectivity index (χ1n) is 14.2. The van der Waals surface area contributed by atoms with Crippen molar-refractivity contribution in [3.63, 3.8) is 0 Å². The highest BCUT2D eigenvalue weighted by molar-refractivity contribution is 7.13. The van der Waals surface area contributed by atoms with Gasteiger partial charge >= 0.3 is 6.01 Å². The fourth-order valence-electron chi connectivity index (χ4n) is 5.98. The number of nitrogens with zero attached hydrogens (tertiary/aromatic N) is 5. The van der Waals surface area contributed by atoms with Gasteiger partial charge in [-0.05, 0) is 81.8 Å². The third kappa shape index (κ3) is 5.86. The van der Waals surface area contributed by atoms with E-state index in [0.29, 0.717) is 29.3 Å². The highest BCUT2D eigenvalue weighted by atomic mass is 32.1. The molecule has 2 fully saturated rings. The normalized spacial score (nSPS) is 18.3. The maximum absolute atomic E-state index is 16.5. The quantitative estimate of drug-likeness (QED) is 0.252. The number of aromatic nitrogens is 3. The van der Waals surface area contributed by atoms with Crippen molar-refractivity contribution in [1.82, 2.24) is 19.9 Å². The largest absolute Gasteiger partial charge is 0.508 e. The molecule has 3 aromatic heterocycles. The number of rotatable bonds is 10. The van der Waals surface area contributed by atoms with E-state index in [9.17, 15) is 10.2 Å². The van der Waals surface area contributed by atoms with Crippen LogP contribution in [0.15, 0.2) is 41.9 Å². The Kier molecular flexibility index (Phi) is 7.80. The van der Waals surface area contributed by atoms with E-state index in [1.807, 2.05) is 17.5 Å². The minimum atomic E-state index is -0.572. The Morgan fingerprint density at radius 1 is 1.20 bits per heavy atom. The van der Waals surface area contributed by atoms with Crippen LogP contribution in [0.1, 0.15) is 32.1 Å². The summed E-state index contributed by atoms with van der Waals surface area (Å²) in [6.45, 7) is 3.01. The zero-order valence-corrected chi connectivity index (χ0v) is 24.3. The van der Waals surface area contributed by atoms with Gasteiger partial charge < -0.3 is 24.7 Å². The predicted molar refractivity (Wildman–Crippen MR) is 160 cm³/mol. The van der Waals surface area contributed by atoms with Crippen LogP contribution >= 0.6 is 11.3 Å². The number of hydrogen-bond acceptors (Lipinski definition) is 9. The second kappa shape index (κ2) is 11.5. The van der Waals surface area contributed by atoms with Crippen LogP contribution in [0.2, 0.25) is 0 Å². The number of phenolic OH excluding ortho intramolecular Hbond substituents is 1. The average molecular weight is 578 g/mol. The summed E-state index contributed by atoms with van der Waals surface area (Å²) in [6, 6.07) is 9.00. The van der Waals surface area contributed by atoms with Gasteiger partial charge in [-0.1, -0.05) is 6.07 Å².